The number of aliphatic imine (C=N–C) groups is 1. The predicted octanol–water partition coefficient (Wildman–Crippen LogP) is 4.09. The van der Waals surface area contributed by atoms with Crippen LogP contribution in [0.25, 0.3) is 5.57 Å². The summed E-state index contributed by atoms with van der Waals surface area (Å²) in [5.41, 5.74) is 2.34. The molecule has 1 rings (SSSR count). The highest BCUT2D eigenvalue weighted by Crippen LogP contribution is 2.08. The standard InChI is InChI=1S/C9H10.C3H5NO.C2H6/c1-8(2)9-6-4-3-5-7-9;1-2-4-3-5;1-2/h3-7H,1H2,2H3;2H2,1H3;1-2H3. The van der Waals surface area contributed by atoms with Gasteiger partial charge in [0.1, 0.15) is 0 Å². The van der Waals surface area contributed by atoms with Crippen molar-refractivity contribution in [2.24, 2.45) is 4.99 Å². The molecular formula is C14H21NO. The molecule has 0 aliphatic heterocycles. The highest BCUT2D eigenvalue weighted by molar-refractivity contribution is 5.60. The maximum atomic E-state index is 9.11. The topological polar surface area (TPSA) is 29.4 Å². The van der Waals surface area contributed by atoms with Crippen molar-refractivity contribution in [1.29, 1.82) is 0 Å². The van der Waals surface area contributed by atoms with Crippen molar-refractivity contribution in [1.82, 2.24) is 0 Å². The molecule has 1 aromatic rings. The molecule has 0 radical (unpaired) electrons. The lowest BCUT2D eigenvalue weighted by Gasteiger charge is -1.94. The molecule has 0 atom stereocenters. The van der Waals surface area contributed by atoms with E-state index in [1.54, 1.807) is 6.92 Å². The Balaban J connectivity index is 0. The molecule has 2 nitrogen and oxygen atoms in total. The van der Waals surface area contributed by atoms with Crippen LogP contribution in [0.4, 0.5) is 0 Å². The van der Waals surface area contributed by atoms with Crippen LogP contribution in [0.2, 0.25) is 0 Å². The lowest BCUT2D eigenvalue weighted by atomic mass is 10.1. The molecule has 2 heteroatoms. The first-order valence-corrected chi connectivity index (χ1v) is 5.47. The van der Waals surface area contributed by atoms with Crippen molar-refractivity contribution in [3.8, 4) is 0 Å². The average Bonchev–Trinajstić information content (AvgIpc) is 2.34. The van der Waals surface area contributed by atoms with Crippen molar-refractivity contribution in [2.45, 2.75) is 27.7 Å². The Morgan fingerprint density at radius 2 is 1.81 bits per heavy atom. The molecule has 0 aliphatic carbocycles. The minimum Gasteiger partial charge on any atom is -0.211 e. The van der Waals surface area contributed by atoms with Crippen molar-refractivity contribution in [3.63, 3.8) is 0 Å². The first kappa shape index (κ1) is 16.8. The van der Waals surface area contributed by atoms with Crippen LogP contribution in [-0.2, 0) is 4.79 Å². The van der Waals surface area contributed by atoms with Crippen LogP contribution < -0.4 is 0 Å². The van der Waals surface area contributed by atoms with Gasteiger partial charge >= 0.3 is 0 Å². The summed E-state index contributed by atoms with van der Waals surface area (Å²) in [7, 11) is 0. The van der Waals surface area contributed by atoms with Crippen molar-refractivity contribution < 1.29 is 4.79 Å². The molecule has 16 heavy (non-hydrogen) atoms. The van der Waals surface area contributed by atoms with Crippen LogP contribution in [0.15, 0.2) is 41.9 Å². The van der Waals surface area contributed by atoms with Gasteiger partial charge in [0.25, 0.3) is 0 Å². The minimum atomic E-state index is 0.545. The van der Waals surface area contributed by atoms with E-state index in [9.17, 15) is 0 Å². The molecule has 1 aromatic carbocycles. The number of carbonyl (C=O) groups excluding carboxylic acids is 1. The van der Waals surface area contributed by atoms with Gasteiger partial charge < -0.3 is 0 Å². The second-order valence-electron chi connectivity index (χ2n) is 2.71. The van der Waals surface area contributed by atoms with Crippen LogP contribution in [0, 0.1) is 0 Å². The molecule has 0 fully saturated rings. The largest absolute Gasteiger partial charge is 0.234 e. The zero-order chi connectivity index (χ0) is 12.8. The molecular weight excluding hydrogens is 198 g/mol. The number of hydrogen-bond donors (Lipinski definition) is 0. The predicted molar refractivity (Wildman–Crippen MR) is 71.2 cm³/mol. The van der Waals surface area contributed by atoms with Gasteiger partial charge in [-0.25, -0.2) is 9.79 Å². The number of isocyanates is 1. The summed E-state index contributed by atoms with van der Waals surface area (Å²) in [4.78, 5) is 12.3. The van der Waals surface area contributed by atoms with E-state index in [1.165, 1.54) is 11.6 Å². The fraction of sp³-hybridized carbons (Fsp3) is 0.357. The summed E-state index contributed by atoms with van der Waals surface area (Å²) in [5, 5.41) is 0. The summed E-state index contributed by atoms with van der Waals surface area (Å²) in [6.07, 6.45) is 1.39. The monoisotopic (exact) mass is 219 g/mol. The van der Waals surface area contributed by atoms with Crippen molar-refractivity contribution in [3.05, 3.63) is 42.5 Å². The van der Waals surface area contributed by atoms with E-state index < -0.39 is 0 Å². The van der Waals surface area contributed by atoms with Gasteiger partial charge in [0.05, 0.1) is 0 Å². The van der Waals surface area contributed by atoms with E-state index in [0.717, 1.165) is 5.57 Å². The quantitative estimate of drug-likeness (QED) is 0.544. The third kappa shape index (κ3) is 10.4. The van der Waals surface area contributed by atoms with Crippen LogP contribution in [0.1, 0.15) is 33.3 Å². The second-order valence-corrected chi connectivity index (χ2v) is 2.71. The lowest BCUT2D eigenvalue weighted by Crippen LogP contribution is -1.72. The number of benzene rings is 1. The number of hydrogen-bond acceptors (Lipinski definition) is 2. The van der Waals surface area contributed by atoms with E-state index >= 15 is 0 Å². The van der Waals surface area contributed by atoms with Gasteiger partial charge in [-0.2, -0.15) is 0 Å². The zero-order valence-electron chi connectivity index (χ0n) is 10.7. The summed E-state index contributed by atoms with van der Waals surface area (Å²) >= 11 is 0. The summed E-state index contributed by atoms with van der Waals surface area (Å²) in [6, 6.07) is 10.2. The third-order valence-corrected chi connectivity index (χ3v) is 1.49. The summed E-state index contributed by atoms with van der Waals surface area (Å²) in [6.45, 7) is 12.2. The van der Waals surface area contributed by atoms with E-state index in [2.05, 4.69) is 23.7 Å². The smallest absolute Gasteiger partial charge is 0.211 e. The van der Waals surface area contributed by atoms with Gasteiger partial charge in [0, 0.05) is 6.54 Å². The molecule has 0 saturated carbocycles. The molecule has 0 heterocycles. The highest BCUT2D eigenvalue weighted by atomic mass is 16.1. The zero-order valence-corrected chi connectivity index (χ0v) is 10.7. The molecule has 0 saturated heterocycles. The van der Waals surface area contributed by atoms with Gasteiger partial charge in [-0.1, -0.05) is 56.3 Å². The Morgan fingerprint density at radius 3 is 2.00 bits per heavy atom. The average molecular weight is 219 g/mol. The Hall–Kier alpha value is -1.66. The van der Waals surface area contributed by atoms with Gasteiger partial charge in [0.15, 0.2) is 0 Å². The third-order valence-electron chi connectivity index (χ3n) is 1.49. The van der Waals surface area contributed by atoms with Gasteiger partial charge in [-0.15, -0.1) is 0 Å². The van der Waals surface area contributed by atoms with Crippen LogP contribution in [-0.4, -0.2) is 12.6 Å². The molecule has 0 bridgehead atoms. The first-order chi connectivity index (χ1) is 7.72. The Morgan fingerprint density at radius 1 is 1.31 bits per heavy atom. The lowest BCUT2D eigenvalue weighted by molar-refractivity contribution is 0.563. The Bertz CT molecular complexity index is 311. The van der Waals surface area contributed by atoms with Crippen LogP contribution in [0.5, 0.6) is 0 Å². The first-order valence-electron chi connectivity index (χ1n) is 5.47. The number of rotatable bonds is 2. The van der Waals surface area contributed by atoms with E-state index in [1.807, 2.05) is 39.0 Å². The maximum Gasteiger partial charge on any atom is 0.234 e. The second kappa shape index (κ2) is 13.3. The molecule has 0 spiro atoms. The van der Waals surface area contributed by atoms with Gasteiger partial charge in [-0.05, 0) is 19.4 Å². The molecule has 88 valence electrons. The summed E-state index contributed by atoms with van der Waals surface area (Å²) in [5.74, 6) is 0. The van der Waals surface area contributed by atoms with Gasteiger partial charge in [-0.3, -0.25) is 0 Å². The van der Waals surface area contributed by atoms with Crippen LogP contribution >= 0.6 is 0 Å². The van der Waals surface area contributed by atoms with Crippen LogP contribution in [0.3, 0.4) is 0 Å². The SMILES string of the molecule is C=C(C)c1ccccc1.CC.CCN=C=O. The Labute approximate surface area is 98.7 Å². The van der Waals surface area contributed by atoms with Crippen molar-refractivity contribution >= 4 is 11.7 Å². The normalized spacial score (nSPS) is 7.25. The number of allylic oxidation sites excluding steroid dienone is 1. The molecule has 0 N–H and O–H groups in total. The maximum absolute atomic E-state index is 9.11. The summed E-state index contributed by atoms with van der Waals surface area (Å²) < 4.78 is 0. The molecule has 0 aliphatic rings. The molecule has 0 amide bonds. The van der Waals surface area contributed by atoms with Gasteiger partial charge in [0.2, 0.25) is 6.08 Å². The van der Waals surface area contributed by atoms with E-state index in [4.69, 9.17) is 4.79 Å². The Kier molecular flexibility index (Phi) is 14.0. The van der Waals surface area contributed by atoms with E-state index in [-0.39, 0.29) is 0 Å². The van der Waals surface area contributed by atoms with E-state index in [0.29, 0.717) is 6.54 Å². The highest BCUT2D eigenvalue weighted by Gasteiger charge is 1.86. The molecule has 0 unspecified atom stereocenters. The molecule has 0 aromatic heterocycles. The van der Waals surface area contributed by atoms with Crippen molar-refractivity contribution in [2.75, 3.05) is 6.54 Å². The number of nitrogens with zero attached hydrogens (tertiary/aromatic N) is 1. The minimum absolute atomic E-state index is 0.545. The fourth-order valence-corrected chi connectivity index (χ4v) is 0.787. The fourth-order valence-electron chi connectivity index (χ4n) is 0.787.